The van der Waals surface area contributed by atoms with Crippen molar-refractivity contribution in [3.8, 4) is 5.75 Å². The van der Waals surface area contributed by atoms with E-state index in [4.69, 9.17) is 4.74 Å². The Morgan fingerprint density at radius 3 is 2.33 bits per heavy atom. The van der Waals surface area contributed by atoms with Crippen LogP contribution >= 0.6 is 0 Å². The van der Waals surface area contributed by atoms with Crippen LogP contribution in [-0.2, 0) is 6.54 Å². The van der Waals surface area contributed by atoms with Gasteiger partial charge in [-0.2, -0.15) is 0 Å². The maximum absolute atomic E-state index is 5.99. The fourth-order valence-electron chi connectivity index (χ4n) is 6.97. The van der Waals surface area contributed by atoms with Gasteiger partial charge in [-0.1, -0.05) is 30.3 Å². The predicted molar refractivity (Wildman–Crippen MR) is 112 cm³/mol. The molecule has 0 radical (unpaired) electrons. The number of ether oxygens (including phenoxy) is 1. The lowest BCUT2D eigenvalue weighted by molar-refractivity contribution is -0.0706. The summed E-state index contributed by atoms with van der Waals surface area (Å²) in [5.74, 6) is 4.08. The fourth-order valence-corrected chi connectivity index (χ4v) is 6.97. The molecule has 2 aromatic carbocycles. The molecule has 1 N–H and O–H groups in total. The molecule has 0 saturated heterocycles. The van der Waals surface area contributed by atoms with Crippen molar-refractivity contribution in [3.63, 3.8) is 0 Å². The molecule has 4 aliphatic rings. The van der Waals surface area contributed by atoms with Crippen LogP contribution in [0.3, 0.4) is 0 Å². The van der Waals surface area contributed by atoms with Crippen molar-refractivity contribution in [2.75, 3.05) is 6.61 Å². The lowest BCUT2D eigenvalue weighted by Gasteiger charge is -2.59. The molecule has 0 spiro atoms. The lowest BCUT2D eigenvalue weighted by Crippen LogP contribution is -2.54. The van der Waals surface area contributed by atoms with Gasteiger partial charge in [0.2, 0.25) is 0 Å². The van der Waals surface area contributed by atoms with Crippen LogP contribution in [0.5, 0.6) is 5.75 Å². The average molecular weight is 364 g/mol. The number of fused-ring (bicyclic) bond motifs is 1. The van der Waals surface area contributed by atoms with Crippen LogP contribution in [0.2, 0.25) is 0 Å². The van der Waals surface area contributed by atoms with Gasteiger partial charge in [-0.05, 0) is 92.4 Å². The Hall–Kier alpha value is -1.54. The third-order valence-corrected chi connectivity index (χ3v) is 7.89. The Labute approximate surface area is 163 Å². The van der Waals surface area contributed by atoms with Crippen LogP contribution in [0.15, 0.2) is 36.4 Å². The van der Waals surface area contributed by atoms with E-state index in [-0.39, 0.29) is 0 Å². The molecule has 27 heavy (non-hydrogen) atoms. The van der Waals surface area contributed by atoms with E-state index >= 15 is 0 Å². The normalized spacial score (nSPS) is 32.7. The van der Waals surface area contributed by atoms with Crippen LogP contribution in [0.4, 0.5) is 0 Å². The first-order valence-electron chi connectivity index (χ1n) is 11.0. The number of rotatable bonds is 6. The number of hydrogen-bond donors (Lipinski definition) is 1. The minimum absolute atomic E-state index is 0.547. The van der Waals surface area contributed by atoms with Gasteiger partial charge in [0.05, 0.1) is 6.61 Å². The second kappa shape index (κ2) is 6.81. The summed E-state index contributed by atoms with van der Waals surface area (Å²) >= 11 is 0. The Kier molecular flexibility index (Phi) is 4.43. The molecular formula is C25H33NO. The van der Waals surface area contributed by atoms with Crippen molar-refractivity contribution in [1.29, 1.82) is 0 Å². The van der Waals surface area contributed by atoms with Gasteiger partial charge in [0.15, 0.2) is 0 Å². The van der Waals surface area contributed by atoms with Crippen molar-refractivity contribution in [2.45, 2.75) is 65.0 Å². The maximum Gasteiger partial charge on any atom is 0.124 e. The molecule has 0 heterocycles. The van der Waals surface area contributed by atoms with Crippen LogP contribution in [0.1, 0.15) is 57.9 Å². The maximum atomic E-state index is 5.99. The minimum Gasteiger partial charge on any atom is -0.494 e. The molecular weight excluding hydrogens is 330 g/mol. The summed E-state index contributed by atoms with van der Waals surface area (Å²) in [7, 11) is 0. The van der Waals surface area contributed by atoms with E-state index in [0.29, 0.717) is 11.5 Å². The zero-order valence-electron chi connectivity index (χ0n) is 16.8. The summed E-state index contributed by atoms with van der Waals surface area (Å²) in [6.45, 7) is 6.15. The number of nitrogens with one attached hydrogen (secondary N) is 1. The molecule has 1 atom stereocenters. The summed E-state index contributed by atoms with van der Waals surface area (Å²) in [4.78, 5) is 0. The number of benzene rings is 2. The van der Waals surface area contributed by atoms with Crippen LogP contribution in [0, 0.1) is 23.2 Å². The monoisotopic (exact) mass is 363 g/mol. The third kappa shape index (κ3) is 3.06. The summed E-state index contributed by atoms with van der Waals surface area (Å²) in [5.41, 5.74) is 1.87. The predicted octanol–water partition coefficient (Wildman–Crippen LogP) is 5.93. The Morgan fingerprint density at radius 1 is 1.00 bits per heavy atom. The molecule has 0 unspecified atom stereocenters. The molecule has 0 amide bonds. The summed E-state index contributed by atoms with van der Waals surface area (Å²) in [6, 6.07) is 13.6. The Bertz CT molecular complexity index is 791. The van der Waals surface area contributed by atoms with Gasteiger partial charge >= 0.3 is 0 Å². The van der Waals surface area contributed by atoms with Gasteiger partial charge < -0.3 is 10.1 Å². The highest BCUT2D eigenvalue weighted by atomic mass is 16.5. The van der Waals surface area contributed by atoms with E-state index in [1.54, 1.807) is 0 Å². The molecule has 4 bridgehead atoms. The highest BCUT2D eigenvalue weighted by Gasteiger charge is 2.52. The average Bonchev–Trinajstić information content (AvgIpc) is 2.66. The second-order valence-electron chi connectivity index (χ2n) is 9.58. The highest BCUT2D eigenvalue weighted by molar-refractivity contribution is 5.87. The van der Waals surface area contributed by atoms with E-state index in [0.717, 1.165) is 36.7 Å². The highest BCUT2D eigenvalue weighted by Crippen LogP contribution is 2.61. The van der Waals surface area contributed by atoms with Gasteiger partial charge in [-0.15, -0.1) is 0 Å². The molecule has 2 heteroatoms. The quantitative estimate of drug-likeness (QED) is 0.686. The third-order valence-electron chi connectivity index (χ3n) is 7.89. The first-order chi connectivity index (χ1) is 13.2. The molecule has 2 nitrogen and oxygen atoms in total. The van der Waals surface area contributed by atoms with Gasteiger partial charge in [-0.3, -0.25) is 0 Å². The van der Waals surface area contributed by atoms with Crippen LogP contribution in [-0.4, -0.2) is 12.6 Å². The summed E-state index contributed by atoms with van der Waals surface area (Å²) in [5, 5.41) is 6.60. The SMILES string of the molecule is CCOc1ccc2ccccc2c1CN[C@@H](C)C12CC3CC(CC(C3)C1)C2. The van der Waals surface area contributed by atoms with Gasteiger partial charge in [0.25, 0.3) is 0 Å². The molecule has 4 aliphatic carbocycles. The summed E-state index contributed by atoms with van der Waals surface area (Å²) < 4.78 is 5.99. The minimum atomic E-state index is 0.547. The van der Waals surface area contributed by atoms with E-state index in [1.807, 2.05) is 0 Å². The Morgan fingerprint density at radius 2 is 1.67 bits per heavy atom. The van der Waals surface area contributed by atoms with Crippen molar-refractivity contribution < 1.29 is 4.74 Å². The van der Waals surface area contributed by atoms with Crippen molar-refractivity contribution in [1.82, 2.24) is 5.32 Å². The molecule has 2 aromatic rings. The zero-order valence-corrected chi connectivity index (χ0v) is 16.8. The van der Waals surface area contributed by atoms with Crippen LogP contribution in [0.25, 0.3) is 10.8 Å². The molecule has 4 saturated carbocycles. The van der Waals surface area contributed by atoms with Crippen molar-refractivity contribution >= 4 is 10.8 Å². The molecule has 4 fully saturated rings. The van der Waals surface area contributed by atoms with Gasteiger partial charge in [-0.25, -0.2) is 0 Å². The van der Waals surface area contributed by atoms with Crippen LogP contribution < -0.4 is 10.1 Å². The van der Waals surface area contributed by atoms with Gasteiger partial charge in [0, 0.05) is 18.2 Å². The molecule has 144 valence electrons. The zero-order chi connectivity index (χ0) is 18.4. The molecule has 0 aromatic heterocycles. The van der Waals surface area contributed by atoms with E-state index in [2.05, 4.69) is 55.6 Å². The van der Waals surface area contributed by atoms with Crippen molar-refractivity contribution in [3.05, 3.63) is 42.0 Å². The molecule has 6 rings (SSSR count). The number of hydrogen-bond acceptors (Lipinski definition) is 2. The first-order valence-corrected chi connectivity index (χ1v) is 11.0. The lowest BCUT2D eigenvalue weighted by atomic mass is 9.48. The first kappa shape index (κ1) is 17.6. The largest absolute Gasteiger partial charge is 0.494 e. The smallest absolute Gasteiger partial charge is 0.124 e. The topological polar surface area (TPSA) is 21.3 Å². The van der Waals surface area contributed by atoms with E-state index in [1.165, 1.54) is 54.9 Å². The summed E-state index contributed by atoms with van der Waals surface area (Å²) in [6.07, 6.45) is 8.93. The van der Waals surface area contributed by atoms with Gasteiger partial charge in [0.1, 0.15) is 5.75 Å². The Balaban J connectivity index is 1.39. The molecule has 0 aliphatic heterocycles. The second-order valence-corrected chi connectivity index (χ2v) is 9.58. The fraction of sp³-hybridized carbons (Fsp3) is 0.600. The van der Waals surface area contributed by atoms with E-state index < -0.39 is 0 Å². The van der Waals surface area contributed by atoms with Crippen molar-refractivity contribution in [2.24, 2.45) is 23.2 Å². The standard InChI is InChI=1S/C25H33NO/c1-3-27-24-9-8-21-6-4-5-7-22(21)23(24)16-26-17(2)25-13-18-10-19(14-25)12-20(11-18)15-25/h4-9,17-20,26H,3,10-16H2,1-2H3/t17-,18?,19?,20?,25?/m0/s1. The van der Waals surface area contributed by atoms with E-state index in [9.17, 15) is 0 Å².